The Balaban J connectivity index is 1.57. The lowest BCUT2D eigenvalue weighted by molar-refractivity contribution is -0.119. The summed E-state index contributed by atoms with van der Waals surface area (Å²) in [5.41, 5.74) is 4.94. The third-order valence-electron chi connectivity index (χ3n) is 5.70. The van der Waals surface area contributed by atoms with Gasteiger partial charge in [0.25, 0.3) is 0 Å². The standard InChI is InChI=1S/C25H25N5OS/c1-17-5-9-19(10-6-17)22-23(20-11-7-18(2)8-12-20)29-30-24(27-22)32-15-21(31)28-25(16-26)13-3-4-14-25/h5-12H,3-4,13-15H2,1-2H3,(H,28,31). The number of hydrogen-bond acceptors (Lipinski definition) is 6. The van der Waals surface area contributed by atoms with Gasteiger partial charge < -0.3 is 5.32 Å². The van der Waals surface area contributed by atoms with E-state index in [9.17, 15) is 10.1 Å². The molecule has 0 bridgehead atoms. The quantitative estimate of drug-likeness (QED) is 0.547. The molecule has 32 heavy (non-hydrogen) atoms. The minimum Gasteiger partial charge on any atom is -0.337 e. The predicted molar refractivity (Wildman–Crippen MR) is 126 cm³/mol. The summed E-state index contributed by atoms with van der Waals surface area (Å²) in [6.45, 7) is 4.09. The van der Waals surface area contributed by atoms with E-state index >= 15 is 0 Å². The van der Waals surface area contributed by atoms with Crippen LogP contribution in [0.15, 0.2) is 53.7 Å². The Kier molecular flexibility index (Phi) is 6.52. The molecule has 0 spiro atoms. The van der Waals surface area contributed by atoms with Crippen LogP contribution in [0.25, 0.3) is 22.5 Å². The van der Waals surface area contributed by atoms with E-state index in [1.54, 1.807) is 0 Å². The highest BCUT2D eigenvalue weighted by Gasteiger charge is 2.35. The molecule has 2 aromatic carbocycles. The fourth-order valence-electron chi connectivity index (χ4n) is 3.87. The molecular weight excluding hydrogens is 418 g/mol. The third-order valence-corrected chi connectivity index (χ3v) is 6.54. The highest BCUT2D eigenvalue weighted by molar-refractivity contribution is 7.99. The molecule has 0 saturated heterocycles. The minimum absolute atomic E-state index is 0.141. The second-order valence-electron chi connectivity index (χ2n) is 8.26. The summed E-state index contributed by atoms with van der Waals surface area (Å²) in [5, 5.41) is 21.6. The van der Waals surface area contributed by atoms with Crippen LogP contribution in [0.1, 0.15) is 36.8 Å². The molecule has 1 aromatic heterocycles. The number of nitriles is 1. The number of carbonyl (C=O) groups excluding carboxylic acids is 1. The number of aromatic nitrogens is 3. The zero-order valence-corrected chi connectivity index (χ0v) is 19.1. The molecule has 162 valence electrons. The molecule has 1 fully saturated rings. The number of thioether (sulfide) groups is 1. The van der Waals surface area contributed by atoms with Crippen molar-refractivity contribution < 1.29 is 4.79 Å². The Morgan fingerprint density at radius 3 is 2.09 bits per heavy atom. The van der Waals surface area contributed by atoms with Gasteiger partial charge in [-0.1, -0.05) is 71.4 Å². The third kappa shape index (κ3) is 4.97. The van der Waals surface area contributed by atoms with Crippen molar-refractivity contribution >= 4 is 17.7 Å². The van der Waals surface area contributed by atoms with Crippen molar-refractivity contribution in [2.24, 2.45) is 0 Å². The summed E-state index contributed by atoms with van der Waals surface area (Å²) >= 11 is 1.23. The summed E-state index contributed by atoms with van der Waals surface area (Å²) < 4.78 is 0. The smallest absolute Gasteiger partial charge is 0.231 e. The van der Waals surface area contributed by atoms with Crippen molar-refractivity contribution in [3.8, 4) is 28.6 Å². The van der Waals surface area contributed by atoms with Crippen LogP contribution in [0.4, 0.5) is 0 Å². The van der Waals surface area contributed by atoms with Gasteiger partial charge in [-0.2, -0.15) is 5.26 Å². The maximum Gasteiger partial charge on any atom is 0.231 e. The van der Waals surface area contributed by atoms with Gasteiger partial charge in [0.1, 0.15) is 16.9 Å². The molecule has 0 unspecified atom stereocenters. The molecule has 0 radical (unpaired) electrons. The van der Waals surface area contributed by atoms with Crippen molar-refractivity contribution in [1.82, 2.24) is 20.5 Å². The number of carbonyl (C=O) groups is 1. The van der Waals surface area contributed by atoms with Crippen LogP contribution in [-0.4, -0.2) is 32.4 Å². The van der Waals surface area contributed by atoms with Crippen LogP contribution >= 0.6 is 11.8 Å². The first-order valence-corrected chi connectivity index (χ1v) is 11.7. The van der Waals surface area contributed by atoms with Gasteiger partial charge in [-0.15, -0.1) is 10.2 Å². The summed E-state index contributed by atoms with van der Waals surface area (Å²) in [5.74, 6) is -0.0379. The van der Waals surface area contributed by atoms with Crippen molar-refractivity contribution in [2.75, 3.05) is 5.75 Å². The number of amides is 1. The molecule has 3 aromatic rings. The topological polar surface area (TPSA) is 91.6 Å². The van der Waals surface area contributed by atoms with Gasteiger partial charge in [0.2, 0.25) is 11.1 Å². The first-order chi connectivity index (χ1) is 15.5. The Labute approximate surface area is 192 Å². The Morgan fingerprint density at radius 1 is 0.969 bits per heavy atom. The molecule has 1 heterocycles. The molecule has 1 saturated carbocycles. The molecule has 0 atom stereocenters. The van der Waals surface area contributed by atoms with E-state index in [2.05, 4.69) is 21.6 Å². The lowest BCUT2D eigenvalue weighted by atomic mass is 10.0. The van der Waals surface area contributed by atoms with E-state index < -0.39 is 5.54 Å². The van der Waals surface area contributed by atoms with E-state index in [1.165, 1.54) is 17.3 Å². The average Bonchev–Trinajstić information content (AvgIpc) is 3.27. The summed E-state index contributed by atoms with van der Waals surface area (Å²) in [6.07, 6.45) is 3.35. The van der Waals surface area contributed by atoms with Gasteiger partial charge in [-0.25, -0.2) is 4.98 Å². The van der Waals surface area contributed by atoms with Crippen LogP contribution in [0, 0.1) is 25.2 Å². The Morgan fingerprint density at radius 2 is 1.53 bits per heavy atom. The lowest BCUT2D eigenvalue weighted by Gasteiger charge is -2.21. The fourth-order valence-corrected chi connectivity index (χ4v) is 4.45. The van der Waals surface area contributed by atoms with Crippen molar-refractivity contribution in [3.63, 3.8) is 0 Å². The number of aryl methyl sites for hydroxylation is 2. The van der Waals surface area contributed by atoms with Crippen LogP contribution < -0.4 is 5.32 Å². The zero-order chi connectivity index (χ0) is 22.6. The average molecular weight is 444 g/mol. The van der Waals surface area contributed by atoms with Gasteiger partial charge in [-0.3, -0.25) is 4.79 Å². The molecule has 6 nitrogen and oxygen atoms in total. The van der Waals surface area contributed by atoms with Crippen LogP contribution in [0.2, 0.25) is 0 Å². The normalized spacial score (nSPS) is 14.7. The first kappa shape index (κ1) is 22.0. The highest BCUT2D eigenvalue weighted by atomic mass is 32.2. The van der Waals surface area contributed by atoms with Gasteiger partial charge in [0.15, 0.2) is 0 Å². The second-order valence-corrected chi connectivity index (χ2v) is 9.20. The number of nitrogens with zero attached hydrogens (tertiary/aromatic N) is 4. The molecule has 7 heteroatoms. The highest BCUT2D eigenvalue weighted by Crippen LogP contribution is 2.31. The molecule has 0 aliphatic heterocycles. The van der Waals surface area contributed by atoms with E-state index in [0.717, 1.165) is 35.2 Å². The van der Waals surface area contributed by atoms with E-state index in [-0.39, 0.29) is 11.7 Å². The number of nitrogens with one attached hydrogen (secondary N) is 1. The summed E-state index contributed by atoms with van der Waals surface area (Å²) in [4.78, 5) is 17.2. The van der Waals surface area contributed by atoms with Gasteiger partial charge in [0.05, 0.1) is 11.8 Å². The predicted octanol–water partition coefficient (Wildman–Crippen LogP) is 4.87. The Bertz CT molecular complexity index is 1150. The monoisotopic (exact) mass is 443 g/mol. The van der Waals surface area contributed by atoms with E-state index in [0.29, 0.717) is 23.7 Å². The van der Waals surface area contributed by atoms with Crippen molar-refractivity contribution in [1.29, 1.82) is 5.26 Å². The largest absolute Gasteiger partial charge is 0.337 e. The molecule has 1 aliphatic carbocycles. The second kappa shape index (κ2) is 9.49. The maximum atomic E-state index is 12.5. The fraction of sp³-hybridized carbons (Fsp3) is 0.320. The van der Waals surface area contributed by atoms with Gasteiger partial charge in [0, 0.05) is 11.1 Å². The van der Waals surface area contributed by atoms with Gasteiger partial charge in [-0.05, 0) is 39.5 Å². The molecule has 1 aliphatic rings. The summed E-state index contributed by atoms with van der Waals surface area (Å²) in [7, 11) is 0. The van der Waals surface area contributed by atoms with Crippen molar-refractivity contribution in [3.05, 3.63) is 59.7 Å². The van der Waals surface area contributed by atoms with Crippen LogP contribution in [0.3, 0.4) is 0 Å². The lowest BCUT2D eigenvalue weighted by Crippen LogP contribution is -2.45. The Hall–Kier alpha value is -3.24. The number of rotatable bonds is 6. The molecular formula is C25H25N5OS. The molecule has 1 amide bonds. The maximum absolute atomic E-state index is 12.5. The summed E-state index contributed by atoms with van der Waals surface area (Å²) in [6, 6.07) is 18.5. The van der Waals surface area contributed by atoms with Crippen LogP contribution in [-0.2, 0) is 4.79 Å². The van der Waals surface area contributed by atoms with Crippen molar-refractivity contribution in [2.45, 2.75) is 50.2 Å². The van der Waals surface area contributed by atoms with Gasteiger partial charge >= 0.3 is 0 Å². The SMILES string of the molecule is Cc1ccc(-c2nnc(SCC(=O)NC3(C#N)CCCC3)nc2-c2ccc(C)cc2)cc1. The number of benzene rings is 2. The number of hydrogen-bond donors (Lipinski definition) is 1. The first-order valence-electron chi connectivity index (χ1n) is 10.7. The molecule has 4 rings (SSSR count). The molecule has 1 N–H and O–H groups in total. The van der Waals surface area contributed by atoms with E-state index in [1.807, 2.05) is 62.4 Å². The van der Waals surface area contributed by atoms with Crippen LogP contribution in [0.5, 0.6) is 0 Å². The zero-order valence-electron chi connectivity index (χ0n) is 18.3. The minimum atomic E-state index is -0.723. The van der Waals surface area contributed by atoms with E-state index in [4.69, 9.17) is 4.98 Å².